The van der Waals surface area contributed by atoms with E-state index in [1.54, 1.807) is 0 Å². The summed E-state index contributed by atoms with van der Waals surface area (Å²) < 4.78 is 0. The van der Waals surface area contributed by atoms with Gasteiger partial charge >= 0.3 is 0 Å². The molecule has 0 spiro atoms. The molecule has 0 saturated heterocycles. The van der Waals surface area contributed by atoms with Gasteiger partial charge in [-0.05, 0) is 43.3 Å². The lowest BCUT2D eigenvalue weighted by molar-refractivity contribution is 1.23. The molecule has 0 aliphatic rings. The van der Waals surface area contributed by atoms with E-state index in [1.807, 2.05) is 30.5 Å². The lowest BCUT2D eigenvalue weighted by Gasteiger charge is -2.25. The number of aryl methyl sites for hydroxylation is 1. The first-order valence-corrected chi connectivity index (χ1v) is 8.74. The highest BCUT2D eigenvalue weighted by atomic mass is 15.1. The van der Waals surface area contributed by atoms with Crippen LogP contribution in [-0.2, 0) is 0 Å². The number of hydrogen-bond acceptors (Lipinski definition) is 2. The number of hydrogen-bond donors (Lipinski definition) is 0. The fourth-order valence-electron chi connectivity index (χ4n) is 3.02. The number of nitrogens with zero attached hydrogens (tertiary/aromatic N) is 2. The van der Waals surface area contributed by atoms with Gasteiger partial charge in [-0.1, -0.05) is 66.2 Å². The van der Waals surface area contributed by atoms with E-state index in [-0.39, 0.29) is 0 Å². The van der Waals surface area contributed by atoms with Crippen LogP contribution in [0.15, 0.2) is 103 Å². The van der Waals surface area contributed by atoms with E-state index in [4.69, 9.17) is 4.98 Å². The standard InChI is InChI=1S/C24H20N2/c1-19-12-14-22(15-13-19)26(21-10-6-3-7-11-21)23-16-17-24(25-18-23)20-8-4-2-5-9-20/h2-18H,1H3. The van der Waals surface area contributed by atoms with Gasteiger partial charge in [-0.3, -0.25) is 4.98 Å². The lowest BCUT2D eigenvalue weighted by Crippen LogP contribution is -2.10. The zero-order chi connectivity index (χ0) is 17.8. The minimum atomic E-state index is 0.978. The van der Waals surface area contributed by atoms with Crippen LogP contribution in [0, 0.1) is 6.92 Å². The molecule has 1 heterocycles. The van der Waals surface area contributed by atoms with E-state index < -0.39 is 0 Å². The highest BCUT2D eigenvalue weighted by molar-refractivity contribution is 5.76. The van der Waals surface area contributed by atoms with E-state index in [0.717, 1.165) is 28.3 Å². The third-order valence-corrected chi connectivity index (χ3v) is 4.38. The summed E-state index contributed by atoms with van der Waals surface area (Å²) in [6.45, 7) is 2.10. The first-order chi connectivity index (χ1) is 12.8. The molecule has 0 unspecified atom stereocenters. The number of anilines is 3. The van der Waals surface area contributed by atoms with Crippen LogP contribution in [0.4, 0.5) is 17.1 Å². The molecule has 3 aromatic carbocycles. The van der Waals surface area contributed by atoms with Crippen molar-refractivity contribution in [2.24, 2.45) is 0 Å². The molecule has 2 nitrogen and oxygen atoms in total. The molecule has 0 atom stereocenters. The Bertz CT molecular complexity index is 960. The summed E-state index contributed by atoms with van der Waals surface area (Å²) in [6.07, 6.45) is 1.94. The van der Waals surface area contributed by atoms with Crippen LogP contribution < -0.4 is 4.90 Å². The van der Waals surface area contributed by atoms with E-state index in [0.29, 0.717) is 0 Å². The van der Waals surface area contributed by atoms with Crippen LogP contribution in [0.5, 0.6) is 0 Å². The van der Waals surface area contributed by atoms with Gasteiger partial charge in [-0.2, -0.15) is 0 Å². The predicted octanol–water partition coefficient (Wildman–Crippen LogP) is 6.53. The Morgan fingerprint density at radius 2 is 1.15 bits per heavy atom. The van der Waals surface area contributed by atoms with Gasteiger partial charge in [-0.25, -0.2) is 0 Å². The Hall–Kier alpha value is -3.39. The monoisotopic (exact) mass is 336 g/mol. The number of pyridine rings is 1. The maximum Gasteiger partial charge on any atom is 0.0703 e. The Morgan fingerprint density at radius 3 is 1.77 bits per heavy atom. The summed E-state index contributed by atoms with van der Waals surface area (Å²) in [5, 5.41) is 0. The van der Waals surface area contributed by atoms with Crippen molar-refractivity contribution in [1.82, 2.24) is 4.98 Å². The molecule has 0 radical (unpaired) electrons. The molecular weight excluding hydrogens is 316 g/mol. The summed E-state index contributed by atoms with van der Waals surface area (Å²) in [4.78, 5) is 6.92. The van der Waals surface area contributed by atoms with E-state index in [1.165, 1.54) is 5.56 Å². The second-order valence-electron chi connectivity index (χ2n) is 6.27. The SMILES string of the molecule is Cc1ccc(N(c2ccccc2)c2ccc(-c3ccccc3)nc2)cc1. The minimum absolute atomic E-state index is 0.978. The van der Waals surface area contributed by atoms with Crippen LogP contribution in [0.3, 0.4) is 0 Å². The van der Waals surface area contributed by atoms with Crippen molar-refractivity contribution >= 4 is 17.1 Å². The molecule has 4 aromatic rings. The summed E-state index contributed by atoms with van der Waals surface area (Å²) in [5.74, 6) is 0. The lowest BCUT2D eigenvalue weighted by atomic mass is 10.1. The molecule has 0 aliphatic heterocycles. The Kier molecular flexibility index (Phi) is 4.48. The third-order valence-electron chi connectivity index (χ3n) is 4.38. The van der Waals surface area contributed by atoms with Gasteiger partial charge in [0, 0.05) is 16.9 Å². The van der Waals surface area contributed by atoms with Crippen molar-refractivity contribution in [2.45, 2.75) is 6.92 Å². The first kappa shape index (κ1) is 16.1. The van der Waals surface area contributed by atoms with Gasteiger partial charge in [0.1, 0.15) is 0 Å². The topological polar surface area (TPSA) is 16.1 Å². The fraction of sp³-hybridized carbons (Fsp3) is 0.0417. The summed E-state index contributed by atoms with van der Waals surface area (Å²) in [6, 6.07) is 33.4. The molecular formula is C24H20N2. The molecule has 0 saturated carbocycles. The van der Waals surface area contributed by atoms with E-state index in [2.05, 4.69) is 84.6 Å². The number of aromatic nitrogens is 1. The third kappa shape index (κ3) is 3.35. The highest BCUT2D eigenvalue weighted by Gasteiger charge is 2.12. The van der Waals surface area contributed by atoms with Gasteiger partial charge in [0.15, 0.2) is 0 Å². The Labute approximate surface area is 154 Å². The van der Waals surface area contributed by atoms with E-state index in [9.17, 15) is 0 Å². The zero-order valence-corrected chi connectivity index (χ0v) is 14.7. The molecule has 1 aromatic heterocycles. The minimum Gasteiger partial charge on any atom is -0.309 e. The second-order valence-corrected chi connectivity index (χ2v) is 6.27. The summed E-state index contributed by atoms with van der Waals surface area (Å²) in [7, 11) is 0. The molecule has 0 bridgehead atoms. The van der Waals surface area contributed by atoms with Gasteiger partial charge in [0.25, 0.3) is 0 Å². The Balaban J connectivity index is 1.76. The molecule has 0 aliphatic carbocycles. The molecule has 0 amide bonds. The van der Waals surface area contributed by atoms with Crippen LogP contribution in [0.2, 0.25) is 0 Å². The maximum absolute atomic E-state index is 4.70. The van der Waals surface area contributed by atoms with Gasteiger partial charge in [0.2, 0.25) is 0 Å². The van der Waals surface area contributed by atoms with Gasteiger partial charge in [-0.15, -0.1) is 0 Å². The summed E-state index contributed by atoms with van der Waals surface area (Å²) in [5.41, 5.74) is 6.63. The van der Waals surface area contributed by atoms with Crippen molar-refractivity contribution in [3.05, 3.63) is 109 Å². The van der Waals surface area contributed by atoms with Crippen LogP contribution >= 0.6 is 0 Å². The quantitative estimate of drug-likeness (QED) is 0.421. The first-order valence-electron chi connectivity index (χ1n) is 8.74. The van der Waals surface area contributed by atoms with Crippen molar-refractivity contribution in [2.75, 3.05) is 4.90 Å². The predicted molar refractivity (Wildman–Crippen MR) is 109 cm³/mol. The smallest absolute Gasteiger partial charge is 0.0703 e. The van der Waals surface area contributed by atoms with Crippen molar-refractivity contribution in [1.29, 1.82) is 0 Å². The highest BCUT2D eigenvalue weighted by Crippen LogP contribution is 2.34. The fourth-order valence-corrected chi connectivity index (χ4v) is 3.02. The normalized spacial score (nSPS) is 10.5. The Morgan fingerprint density at radius 1 is 0.577 bits per heavy atom. The van der Waals surface area contributed by atoms with Gasteiger partial charge < -0.3 is 4.90 Å². The molecule has 26 heavy (non-hydrogen) atoms. The molecule has 2 heteroatoms. The van der Waals surface area contributed by atoms with Crippen LogP contribution in [-0.4, -0.2) is 4.98 Å². The largest absolute Gasteiger partial charge is 0.309 e. The van der Waals surface area contributed by atoms with Crippen molar-refractivity contribution in [3.63, 3.8) is 0 Å². The number of para-hydroxylation sites is 1. The van der Waals surface area contributed by atoms with Crippen molar-refractivity contribution in [3.8, 4) is 11.3 Å². The summed E-state index contributed by atoms with van der Waals surface area (Å²) >= 11 is 0. The molecule has 0 fully saturated rings. The van der Waals surface area contributed by atoms with E-state index >= 15 is 0 Å². The number of rotatable bonds is 4. The van der Waals surface area contributed by atoms with Gasteiger partial charge in [0.05, 0.1) is 17.6 Å². The molecule has 126 valence electrons. The average Bonchev–Trinajstić information content (AvgIpc) is 2.72. The maximum atomic E-state index is 4.70. The molecule has 0 N–H and O–H groups in total. The second kappa shape index (κ2) is 7.24. The van der Waals surface area contributed by atoms with Crippen molar-refractivity contribution < 1.29 is 0 Å². The molecule has 4 rings (SSSR count). The number of benzene rings is 3. The van der Waals surface area contributed by atoms with Crippen LogP contribution in [0.25, 0.3) is 11.3 Å². The average molecular weight is 336 g/mol. The zero-order valence-electron chi connectivity index (χ0n) is 14.7. The van der Waals surface area contributed by atoms with Crippen LogP contribution in [0.1, 0.15) is 5.56 Å².